The second kappa shape index (κ2) is 7.56. The van der Waals surface area contributed by atoms with Gasteiger partial charge in [0.2, 0.25) is 17.5 Å². The zero-order chi connectivity index (χ0) is 19.5. The molecule has 2 aromatic rings. The summed E-state index contributed by atoms with van der Waals surface area (Å²) >= 11 is 0. The topological polar surface area (TPSA) is 85.6 Å². The Kier molecular flexibility index (Phi) is 5.65. The zero-order valence-corrected chi connectivity index (χ0v) is 15.6. The molecule has 0 fully saturated rings. The fourth-order valence-electron chi connectivity index (χ4n) is 2.12. The molecule has 1 heterocycles. The zero-order valence-electron chi connectivity index (χ0n) is 15.6. The Morgan fingerprint density at radius 3 is 2.19 bits per heavy atom. The van der Waals surface area contributed by atoms with Gasteiger partial charge in [-0.15, -0.1) is 0 Å². The summed E-state index contributed by atoms with van der Waals surface area (Å²) in [5.41, 5.74) is 1.11. The summed E-state index contributed by atoms with van der Waals surface area (Å²) in [5.74, 6) is -1.05. The minimum atomic E-state index is -0.956. The van der Waals surface area contributed by atoms with Crippen molar-refractivity contribution in [2.24, 2.45) is 5.41 Å². The number of furan rings is 1. The molecule has 0 aliphatic carbocycles. The first-order valence-electron chi connectivity index (χ1n) is 8.30. The van der Waals surface area contributed by atoms with Gasteiger partial charge in [0, 0.05) is 22.2 Å². The normalized spacial score (nSPS) is 12.3. The fourth-order valence-corrected chi connectivity index (χ4v) is 2.12. The highest BCUT2D eigenvalue weighted by Crippen LogP contribution is 2.19. The maximum absolute atomic E-state index is 12.4. The number of aryl methyl sites for hydroxylation is 1. The number of ketones is 1. The number of hydrogen-bond donors (Lipinski definition) is 1. The van der Waals surface area contributed by atoms with E-state index in [0.29, 0.717) is 16.8 Å². The van der Waals surface area contributed by atoms with Gasteiger partial charge in [0.15, 0.2) is 6.10 Å². The summed E-state index contributed by atoms with van der Waals surface area (Å²) in [5, 5.41) is 2.79. The Labute approximate surface area is 152 Å². The van der Waals surface area contributed by atoms with Gasteiger partial charge in [-0.2, -0.15) is 0 Å². The van der Waals surface area contributed by atoms with Crippen molar-refractivity contribution in [1.29, 1.82) is 0 Å². The predicted octanol–water partition coefficient (Wildman–Crippen LogP) is 4.00. The summed E-state index contributed by atoms with van der Waals surface area (Å²) in [6.45, 7) is 8.68. The van der Waals surface area contributed by atoms with Crippen LogP contribution in [0.15, 0.2) is 41.0 Å². The van der Waals surface area contributed by atoms with Crippen LogP contribution in [0.2, 0.25) is 0 Å². The molecule has 1 aromatic carbocycles. The van der Waals surface area contributed by atoms with Crippen LogP contribution in [0.3, 0.4) is 0 Å². The van der Waals surface area contributed by atoms with Gasteiger partial charge in [0.25, 0.3) is 0 Å². The number of rotatable bonds is 5. The quantitative estimate of drug-likeness (QED) is 0.646. The Balaban J connectivity index is 2.02. The van der Waals surface area contributed by atoms with Crippen molar-refractivity contribution in [3.05, 3.63) is 53.5 Å². The average molecular weight is 357 g/mol. The van der Waals surface area contributed by atoms with E-state index in [1.807, 2.05) is 20.8 Å². The highest BCUT2D eigenvalue weighted by atomic mass is 16.6. The van der Waals surface area contributed by atoms with E-state index in [1.54, 1.807) is 37.3 Å². The smallest absolute Gasteiger partial charge is 0.375 e. The minimum absolute atomic E-state index is 0.0879. The molecular formula is C20H23NO5. The number of carbonyl (C=O) groups is 3. The minimum Gasteiger partial charge on any atom is -0.457 e. The summed E-state index contributed by atoms with van der Waals surface area (Å²) in [7, 11) is 0. The van der Waals surface area contributed by atoms with Gasteiger partial charge in [-0.25, -0.2) is 4.79 Å². The third-order valence-corrected chi connectivity index (χ3v) is 3.81. The molecule has 0 aliphatic heterocycles. The molecule has 6 heteroatoms. The van der Waals surface area contributed by atoms with Crippen LogP contribution < -0.4 is 5.32 Å². The van der Waals surface area contributed by atoms with Gasteiger partial charge in [-0.05, 0) is 44.2 Å². The van der Waals surface area contributed by atoms with Crippen LogP contribution >= 0.6 is 0 Å². The highest BCUT2D eigenvalue weighted by molar-refractivity contribution is 6.02. The third kappa shape index (κ3) is 4.59. The van der Waals surface area contributed by atoms with Crippen LogP contribution in [0.1, 0.15) is 54.2 Å². The molecule has 0 spiro atoms. The van der Waals surface area contributed by atoms with Gasteiger partial charge in [-0.1, -0.05) is 20.8 Å². The number of hydrogen-bond acceptors (Lipinski definition) is 5. The Hall–Kier alpha value is -2.89. The lowest BCUT2D eigenvalue weighted by atomic mass is 9.95. The molecule has 1 atom stereocenters. The first-order valence-corrected chi connectivity index (χ1v) is 8.30. The molecule has 0 radical (unpaired) electrons. The first kappa shape index (κ1) is 19.4. The third-order valence-electron chi connectivity index (χ3n) is 3.81. The lowest BCUT2D eigenvalue weighted by molar-refractivity contribution is -0.123. The van der Waals surface area contributed by atoms with E-state index in [0.717, 1.165) is 0 Å². The summed E-state index contributed by atoms with van der Waals surface area (Å²) in [4.78, 5) is 36.4. The number of ether oxygens (including phenoxy) is 1. The molecule has 1 aromatic heterocycles. The Morgan fingerprint density at radius 2 is 1.69 bits per heavy atom. The van der Waals surface area contributed by atoms with E-state index in [2.05, 4.69) is 5.32 Å². The van der Waals surface area contributed by atoms with Crippen molar-refractivity contribution in [3.8, 4) is 0 Å². The van der Waals surface area contributed by atoms with Crippen molar-refractivity contribution in [1.82, 2.24) is 0 Å². The highest BCUT2D eigenvalue weighted by Gasteiger charge is 2.24. The van der Waals surface area contributed by atoms with Crippen LogP contribution in [0.4, 0.5) is 5.69 Å². The summed E-state index contributed by atoms with van der Waals surface area (Å²) in [6.07, 6.45) is 0.435. The molecular weight excluding hydrogens is 334 g/mol. The number of amides is 1. The van der Waals surface area contributed by atoms with Gasteiger partial charge >= 0.3 is 5.97 Å². The maximum Gasteiger partial charge on any atom is 0.375 e. The van der Waals surface area contributed by atoms with E-state index in [4.69, 9.17) is 9.15 Å². The van der Waals surface area contributed by atoms with E-state index in [1.165, 1.54) is 13.2 Å². The van der Waals surface area contributed by atoms with Crippen LogP contribution in [0.25, 0.3) is 0 Å². The molecule has 26 heavy (non-hydrogen) atoms. The molecule has 0 aliphatic rings. The Bertz CT molecular complexity index is 811. The largest absolute Gasteiger partial charge is 0.457 e. The molecule has 0 saturated heterocycles. The van der Waals surface area contributed by atoms with E-state index >= 15 is 0 Å². The summed E-state index contributed by atoms with van der Waals surface area (Å²) in [6, 6.07) is 8.10. The fraction of sp³-hybridized carbons (Fsp3) is 0.350. The molecule has 1 unspecified atom stereocenters. The molecule has 2 rings (SSSR count). The number of esters is 1. The molecule has 0 bridgehead atoms. The standard InChI is InChI=1S/C20H23NO5/c1-12-10-11-25-17(12)18(23)26-13(2)16(22)14-6-8-15(9-7-14)21-19(24)20(3,4)5/h6-11,13H,1-5H3,(H,21,24). The van der Waals surface area contributed by atoms with Crippen molar-refractivity contribution < 1.29 is 23.5 Å². The number of anilines is 1. The van der Waals surface area contributed by atoms with Gasteiger partial charge in [-0.3, -0.25) is 9.59 Å². The number of benzene rings is 1. The molecule has 138 valence electrons. The van der Waals surface area contributed by atoms with E-state index < -0.39 is 17.5 Å². The molecule has 0 saturated carbocycles. The number of nitrogens with one attached hydrogen (secondary N) is 1. The van der Waals surface area contributed by atoms with Gasteiger partial charge in [0.05, 0.1) is 6.26 Å². The number of Topliss-reactive ketones (excluding diaryl/α,β-unsaturated/α-hetero) is 1. The second-order valence-electron chi connectivity index (χ2n) is 7.13. The summed E-state index contributed by atoms with van der Waals surface area (Å²) < 4.78 is 10.2. The van der Waals surface area contributed by atoms with Gasteiger partial charge in [0.1, 0.15) is 0 Å². The number of carbonyl (C=O) groups excluding carboxylic acids is 3. The van der Waals surface area contributed by atoms with Crippen LogP contribution in [0, 0.1) is 12.3 Å². The molecule has 1 amide bonds. The molecule has 1 N–H and O–H groups in total. The monoisotopic (exact) mass is 357 g/mol. The van der Waals surface area contributed by atoms with Crippen LogP contribution in [-0.2, 0) is 9.53 Å². The van der Waals surface area contributed by atoms with Crippen molar-refractivity contribution in [2.45, 2.75) is 40.7 Å². The average Bonchev–Trinajstić information content (AvgIpc) is 3.00. The van der Waals surface area contributed by atoms with Crippen LogP contribution in [-0.4, -0.2) is 23.8 Å². The lowest BCUT2D eigenvalue weighted by Crippen LogP contribution is -2.27. The predicted molar refractivity (Wildman–Crippen MR) is 97.2 cm³/mol. The Morgan fingerprint density at radius 1 is 1.08 bits per heavy atom. The molecule has 6 nitrogen and oxygen atoms in total. The van der Waals surface area contributed by atoms with E-state index in [-0.39, 0.29) is 17.5 Å². The van der Waals surface area contributed by atoms with Gasteiger partial charge < -0.3 is 14.5 Å². The van der Waals surface area contributed by atoms with Crippen molar-refractivity contribution in [3.63, 3.8) is 0 Å². The second-order valence-corrected chi connectivity index (χ2v) is 7.13. The van der Waals surface area contributed by atoms with Crippen LogP contribution in [0.5, 0.6) is 0 Å². The SMILES string of the molecule is Cc1ccoc1C(=O)OC(C)C(=O)c1ccc(NC(=O)C(C)(C)C)cc1. The first-order chi connectivity index (χ1) is 12.1. The lowest BCUT2D eigenvalue weighted by Gasteiger charge is -2.18. The van der Waals surface area contributed by atoms with E-state index in [9.17, 15) is 14.4 Å². The maximum atomic E-state index is 12.4. The van der Waals surface area contributed by atoms with Crippen molar-refractivity contribution in [2.75, 3.05) is 5.32 Å². The van der Waals surface area contributed by atoms with Crippen molar-refractivity contribution >= 4 is 23.3 Å².